The second-order valence-corrected chi connectivity index (χ2v) is 5.22. The van der Waals surface area contributed by atoms with Gasteiger partial charge in [0, 0.05) is 24.2 Å². The second kappa shape index (κ2) is 6.84. The number of hydrogen-bond donors (Lipinski definition) is 1. The van der Waals surface area contributed by atoms with Gasteiger partial charge in [-0.05, 0) is 36.4 Å². The maximum absolute atomic E-state index is 12.9. The first-order valence-electron chi connectivity index (χ1n) is 6.51. The molecule has 1 atom stereocenters. The zero-order valence-corrected chi connectivity index (χ0v) is 12.1. The minimum Gasteiger partial charge on any atom is -0.329 e. The predicted molar refractivity (Wildman–Crippen MR) is 81.1 cm³/mol. The summed E-state index contributed by atoms with van der Waals surface area (Å²) in [5.74, 6) is -0.224. The van der Waals surface area contributed by atoms with Gasteiger partial charge in [-0.15, -0.1) is 0 Å². The number of nitrogens with two attached hydrogens (primary N) is 1. The Bertz CT molecular complexity index is 557. The summed E-state index contributed by atoms with van der Waals surface area (Å²) in [4.78, 5) is 2.12. The zero-order chi connectivity index (χ0) is 14.5. The molecule has 0 saturated carbocycles. The van der Waals surface area contributed by atoms with Gasteiger partial charge < -0.3 is 5.73 Å². The molecule has 0 aliphatic carbocycles. The Morgan fingerprint density at radius 2 is 1.80 bits per heavy atom. The summed E-state index contributed by atoms with van der Waals surface area (Å²) in [5, 5.41) is 0.717. The summed E-state index contributed by atoms with van der Waals surface area (Å²) >= 11 is 6.23. The van der Waals surface area contributed by atoms with Gasteiger partial charge in [-0.1, -0.05) is 41.9 Å². The summed E-state index contributed by atoms with van der Waals surface area (Å²) in [6.45, 7) is 1.16. The SMILES string of the molecule is CN(Cc1ccc(F)cc1)C(CN)c1ccccc1Cl. The first-order valence-corrected chi connectivity index (χ1v) is 6.89. The zero-order valence-electron chi connectivity index (χ0n) is 11.4. The number of nitrogens with zero attached hydrogens (tertiary/aromatic N) is 1. The average molecular weight is 293 g/mol. The van der Waals surface area contributed by atoms with E-state index in [1.165, 1.54) is 12.1 Å². The minimum absolute atomic E-state index is 0.0359. The topological polar surface area (TPSA) is 29.3 Å². The highest BCUT2D eigenvalue weighted by atomic mass is 35.5. The fraction of sp³-hybridized carbons (Fsp3) is 0.250. The molecule has 0 heterocycles. The molecule has 2 aromatic rings. The molecule has 0 bridgehead atoms. The molecule has 0 radical (unpaired) electrons. The van der Waals surface area contributed by atoms with E-state index in [4.69, 9.17) is 17.3 Å². The van der Waals surface area contributed by atoms with Gasteiger partial charge in [0.05, 0.1) is 0 Å². The van der Waals surface area contributed by atoms with E-state index in [0.29, 0.717) is 18.1 Å². The number of hydrogen-bond acceptors (Lipinski definition) is 2. The molecule has 0 amide bonds. The first-order chi connectivity index (χ1) is 9.61. The fourth-order valence-electron chi connectivity index (χ4n) is 2.28. The molecule has 0 aliphatic rings. The number of likely N-dealkylation sites (N-methyl/N-ethyl adjacent to an activating group) is 1. The summed E-state index contributed by atoms with van der Waals surface area (Å²) in [6.07, 6.45) is 0. The van der Waals surface area contributed by atoms with E-state index in [1.54, 1.807) is 12.1 Å². The maximum atomic E-state index is 12.9. The van der Waals surface area contributed by atoms with Crippen LogP contribution in [-0.4, -0.2) is 18.5 Å². The van der Waals surface area contributed by atoms with Crippen LogP contribution in [0.4, 0.5) is 4.39 Å². The van der Waals surface area contributed by atoms with Crippen LogP contribution < -0.4 is 5.73 Å². The van der Waals surface area contributed by atoms with Crippen LogP contribution in [0.2, 0.25) is 5.02 Å². The van der Waals surface area contributed by atoms with Crippen molar-refractivity contribution in [1.29, 1.82) is 0 Å². The van der Waals surface area contributed by atoms with Crippen molar-refractivity contribution < 1.29 is 4.39 Å². The van der Waals surface area contributed by atoms with Crippen molar-refractivity contribution in [2.75, 3.05) is 13.6 Å². The van der Waals surface area contributed by atoms with Gasteiger partial charge in [-0.2, -0.15) is 0 Å². The van der Waals surface area contributed by atoms with Crippen molar-refractivity contribution >= 4 is 11.6 Å². The molecule has 4 heteroatoms. The molecule has 2 nitrogen and oxygen atoms in total. The third-order valence-electron chi connectivity index (χ3n) is 3.36. The monoisotopic (exact) mass is 292 g/mol. The molecule has 0 aromatic heterocycles. The van der Waals surface area contributed by atoms with Crippen LogP contribution in [0.5, 0.6) is 0 Å². The van der Waals surface area contributed by atoms with Crippen LogP contribution in [0, 0.1) is 5.82 Å². The first kappa shape index (κ1) is 15.0. The van der Waals surface area contributed by atoms with Crippen molar-refractivity contribution in [2.24, 2.45) is 5.73 Å². The van der Waals surface area contributed by atoms with Gasteiger partial charge in [0.1, 0.15) is 5.82 Å². The fourth-order valence-corrected chi connectivity index (χ4v) is 2.54. The Hall–Kier alpha value is -1.42. The van der Waals surface area contributed by atoms with Crippen molar-refractivity contribution in [3.8, 4) is 0 Å². The van der Waals surface area contributed by atoms with Crippen LogP contribution >= 0.6 is 11.6 Å². The number of halogens is 2. The van der Waals surface area contributed by atoms with Crippen LogP contribution in [-0.2, 0) is 6.54 Å². The third kappa shape index (κ3) is 3.57. The predicted octanol–water partition coefficient (Wildman–Crippen LogP) is 3.61. The molecular weight excluding hydrogens is 275 g/mol. The van der Waals surface area contributed by atoms with Gasteiger partial charge in [0.25, 0.3) is 0 Å². The summed E-state index contributed by atoms with van der Waals surface area (Å²) in [7, 11) is 1.99. The van der Waals surface area contributed by atoms with E-state index in [0.717, 1.165) is 11.1 Å². The molecule has 2 N–H and O–H groups in total. The van der Waals surface area contributed by atoms with E-state index in [2.05, 4.69) is 4.90 Å². The van der Waals surface area contributed by atoms with Crippen LogP contribution in [0.1, 0.15) is 17.2 Å². The smallest absolute Gasteiger partial charge is 0.123 e. The van der Waals surface area contributed by atoms with Gasteiger partial charge in [-0.3, -0.25) is 4.90 Å². The van der Waals surface area contributed by atoms with Crippen molar-refractivity contribution in [2.45, 2.75) is 12.6 Å². The second-order valence-electron chi connectivity index (χ2n) is 4.81. The average Bonchev–Trinajstić information content (AvgIpc) is 2.44. The van der Waals surface area contributed by atoms with Crippen LogP contribution in [0.15, 0.2) is 48.5 Å². The van der Waals surface area contributed by atoms with E-state index in [9.17, 15) is 4.39 Å². The standard InChI is InChI=1S/C16H18ClFN2/c1-20(11-12-6-8-13(18)9-7-12)16(10-19)14-4-2-3-5-15(14)17/h2-9,16H,10-11,19H2,1H3. The normalized spacial score (nSPS) is 12.7. The molecule has 2 rings (SSSR count). The Kier molecular flexibility index (Phi) is 5.12. The highest BCUT2D eigenvalue weighted by Gasteiger charge is 2.17. The molecule has 106 valence electrons. The Labute approximate surface area is 124 Å². The number of benzene rings is 2. The van der Waals surface area contributed by atoms with Gasteiger partial charge in [0.15, 0.2) is 0 Å². The number of rotatable bonds is 5. The Morgan fingerprint density at radius 3 is 2.40 bits per heavy atom. The third-order valence-corrected chi connectivity index (χ3v) is 3.71. The largest absolute Gasteiger partial charge is 0.329 e. The molecule has 0 fully saturated rings. The molecule has 0 aliphatic heterocycles. The highest BCUT2D eigenvalue weighted by molar-refractivity contribution is 6.31. The Morgan fingerprint density at radius 1 is 1.15 bits per heavy atom. The molecule has 0 spiro atoms. The van der Waals surface area contributed by atoms with Gasteiger partial charge in [0.2, 0.25) is 0 Å². The molecular formula is C16H18ClFN2. The van der Waals surface area contributed by atoms with E-state index >= 15 is 0 Å². The van der Waals surface area contributed by atoms with Gasteiger partial charge >= 0.3 is 0 Å². The van der Waals surface area contributed by atoms with E-state index in [1.807, 2.05) is 31.3 Å². The van der Waals surface area contributed by atoms with Crippen molar-refractivity contribution in [3.05, 3.63) is 70.5 Å². The van der Waals surface area contributed by atoms with E-state index < -0.39 is 0 Å². The quantitative estimate of drug-likeness (QED) is 0.912. The molecule has 0 saturated heterocycles. The van der Waals surface area contributed by atoms with Crippen LogP contribution in [0.25, 0.3) is 0 Å². The maximum Gasteiger partial charge on any atom is 0.123 e. The van der Waals surface area contributed by atoms with Crippen molar-refractivity contribution in [3.63, 3.8) is 0 Å². The molecule has 2 aromatic carbocycles. The van der Waals surface area contributed by atoms with Crippen molar-refractivity contribution in [1.82, 2.24) is 4.90 Å². The lowest BCUT2D eigenvalue weighted by Crippen LogP contribution is -2.30. The summed E-state index contributed by atoms with van der Waals surface area (Å²) in [6, 6.07) is 14.2. The molecule has 1 unspecified atom stereocenters. The lowest BCUT2D eigenvalue weighted by molar-refractivity contribution is 0.242. The lowest BCUT2D eigenvalue weighted by Gasteiger charge is -2.28. The molecule has 20 heavy (non-hydrogen) atoms. The van der Waals surface area contributed by atoms with Crippen LogP contribution in [0.3, 0.4) is 0 Å². The highest BCUT2D eigenvalue weighted by Crippen LogP contribution is 2.26. The van der Waals surface area contributed by atoms with E-state index in [-0.39, 0.29) is 11.9 Å². The Balaban J connectivity index is 2.15. The summed E-state index contributed by atoms with van der Waals surface area (Å²) in [5.41, 5.74) is 7.95. The summed E-state index contributed by atoms with van der Waals surface area (Å²) < 4.78 is 12.9. The van der Waals surface area contributed by atoms with Gasteiger partial charge in [-0.25, -0.2) is 4.39 Å². The lowest BCUT2D eigenvalue weighted by atomic mass is 10.0. The minimum atomic E-state index is -0.224.